The highest BCUT2D eigenvalue weighted by Gasteiger charge is 2.34. The molecule has 1 aromatic rings. The number of carbonyl (C=O) groups is 2. The maximum atomic E-state index is 12.4. The predicted octanol–water partition coefficient (Wildman–Crippen LogP) is 1.73. The molecular weight excluding hydrogens is 290 g/mol. The van der Waals surface area contributed by atoms with E-state index in [-0.39, 0.29) is 17.9 Å². The second-order valence-corrected chi connectivity index (χ2v) is 6.57. The zero-order valence-corrected chi connectivity index (χ0v) is 13.1. The summed E-state index contributed by atoms with van der Waals surface area (Å²) in [5.41, 5.74) is 0. The van der Waals surface area contributed by atoms with Crippen molar-refractivity contribution in [1.29, 1.82) is 0 Å². The number of carboxylic acids is 1. The third kappa shape index (κ3) is 3.93. The Balaban J connectivity index is 2.02. The molecular formula is C14H21N3O3S. The third-order valence-corrected chi connectivity index (χ3v) is 4.35. The van der Waals surface area contributed by atoms with E-state index < -0.39 is 12.0 Å². The largest absolute Gasteiger partial charge is 0.480 e. The molecule has 1 aliphatic heterocycles. The maximum absolute atomic E-state index is 12.4. The topological polar surface area (TPSA) is 82.5 Å². The molecule has 1 amide bonds. The summed E-state index contributed by atoms with van der Waals surface area (Å²) in [7, 11) is 0. The molecule has 2 atom stereocenters. The number of anilines is 1. The van der Waals surface area contributed by atoms with Gasteiger partial charge >= 0.3 is 5.97 Å². The number of aliphatic carboxylic acids is 1. The minimum absolute atomic E-state index is 0.212. The van der Waals surface area contributed by atoms with E-state index in [2.05, 4.69) is 10.3 Å². The highest BCUT2D eigenvalue weighted by Crippen LogP contribution is 2.27. The highest BCUT2D eigenvalue weighted by molar-refractivity contribution is 7.13. The van der Waals surface area contributed by atoms with Gasteiger partial charge in [0.05, 0.1) is 0 Å². The van der Waals surface area contributed by atoms with Crippen LogP contribution in [-0.4, -0.2) is 40.6 Å². The van der Waals surface area contributed by atoms with Crippen molar-refractivity contribution in [1.82, 2.24) is 10.3 Å². The number of nitrogens with one attached hydrogen (secondary N) is 1. The molecule has 0 aromatic carbocycles. The summed E-state index contributed by atoms with van der Waals surface area (Å²) < 4.78 is 0. The normalized spacial score (nSPS) is 19.8. The molecule has 0 bridgehead atoms. The van der Waals surface area contributed by atoms with Crippen LogP contribution in [0.5, 0.6) is 0 Å². The van der Waals surface area contributed by atoms with Crippen LogP contribution in [0.4, 0.5) is 5.13 Å². The van der Waals surface area contributed by atoms with Crippen LogP contribution >= 0.6 is 11.3 Å². The Labute approximate surface area is 128 Å². The fourth-order valence-corrected chi connectivity index (χ4v) is 3.31. The fraction of sp³-hybridized carbons (Fsp3) is 0.643. The van der Waals surface area contributed by atoms with Gasteiger partial charge < -0.3 is 15.3 Å². The number of rotatable bonds is 6. The van der Waals surface area contributed by atoms with E-state index in [4.69, 9.17) is 0 Å². The number of nitrogens with zero attached hydrogens (tertiary/aromatic N) is 2. The van der Waals surface area contributed by atoms with Crippen molar-refractivity contribution >= 4 is 28.3 Å². The first-order valence-corrected chi connectivity index (χ1v) is 8.06. The van der Waals surface area contributed by atoms with Gasteiger partial charge in [0, 0.05) is 18.1 Å². The summed E-state index contributed by atoms with van der Waals surface area (Å²) >= 11 is 1.50. The molecule has 2 rings (SSSR count). The molecule has 1 unspecified atom stereocenters. The summed E-state index contributed by atoms with van der Waals surface area (Å²) in [4.78, 5) is 29.9. The molecule has 2 N–H and O–H groups in total. The highest BCUT2D eigenvalue weighted by atomic mass is 32.1. The Morgan fingerprint density at radius 3 is 2.90 bits per heavy atom. The Bertz CT molecular complexity index is 490. The summed E-state index contributed by atoms with van der Waals surface area (Å²) in [5.74, 6) is -0.975. The van der Waals surface area contributed by atoms with Gasteiger partial charge in [-0.05, 0) is 25.2 Å². The summed E-state index contributed by atoms with van der Waals surface area (Å²) in [6.07, 6.45) is 3.80. The lowest BCUT2D eigenvalue weighted by atomic mass is 10.0. The van der Waals surface area contributed by atoms with E-state index in [0.717, 1.165) is 24.5 Å². The van der Waals surface area contributed by atoms with Crippen LogP contribution in [0.3, 0.4) is 0 Å². The van der Waals surface area contributed by atoms with E-state index in [1.54, 1.807) is 6.20 Å². The second-order valence-electron chi connectivity index (χ2n) is 5.70. The van der Waals surface area contributed by atoms with Crippen molar-refractivity contribution < 1.29 is 14.7 Å². The van der Waals surface area contributed by atoms with Crippen molar-refractivity contribution in [3.8, 4) is 0 Å². The van der Waals surface area contributed by atoms with Crippen LogP contribution in [0.1, 0.15) is 33.1 Å². The Kier molecular flexibility index (Phi) is 5.17. The van der Waals surface area contributed by atoms with E-state index in [1.165, 1.54) is 11.3 Å². The first-order chi connectivity index (χ1) is 9.99. The molecule has 0 aliphatic carbocycles. The van der Waals surface area contributed by atoms with Gasteiger partial charge in [-0.2, -0.15) is 0 Å². The third-order valence-electron chi connectivity index (χ3n) is 3.54. The van der Waals surface area contributed by atoms with Crippen molar-refractivity contribution in [2.75, 3.05) is 11.4 Å². The summed E-state index contributed by atoms with van der Waals surface area (Å²) in [6.45, 7) is 4.67. The van der Waals surface area contributed by atoms with E-state index in [0.29, 0.717) is 6.42 Å². The van der Waals surface area contributed by atoms with E-state index >= 15 is 0 Å². The van der Waals surface area contributed by atoms with Gasteiger partial charge in [0.1, 0.15) is 12.1 Å². The Morgan fingerprint density at radius 1 is 1.57 bits per heavy atom. The molecule has 7 heteroatoms. The Morgan fingerprint density at radius 2 is 2.33 bits per heavy atom. The zero-order valence-electron chi connectivity index (χ0n) is 12.3. The number of amides is 1. The SMILES string of the molecule is CC(C)C[C@@H](NC(=O)C1CCCN1c1nccs1)C(=O)O. The maximum Gasteiger partial charge on any atom is 0.326 e. The molecule has 116 valence electrons. The Hall–Kier alpha value is -1.63. The van der Waals surface area contributed by atoms with Crippen molar-refractivity contribution in [3.05, 3.63) is 11.6 Å². The van der Waals surface area contributed by atoms with Gasteiger partial charge in [-0.15, -0.1) is 11.3 Å². The van der Waals surface area contributed by atoms with Gasteiger partial charge in [-0.3, -0.25) is 4.79 Å². The number of thiazole rings is 1. The predicted molar refractivity (Wildman–Crippen MR) is 81.5 cm³/mol. The van der Waals surface area contributed by atoms with Gasteiger partial charge in [0.15, 0.2) is 5.13 Å². The molecule has 1 fully saturated rings. The smallest absolute Gasteiger partial charge is 0.326 e. The average Bonchev–Trinajstić information content (AvgIpc) is 3.07. The zero-order chi connectivity index (χ0) is 15.4. The van der Waals surface area contributed by atoms with Gasteiger partial charge in [0.25, 0.3) is 0 Å². The monoisotopic (exact) mass is 311 g/mol. The second kappa shape index (κ2) is 6.89. The van der Waals surface area contributed by atoms with E-state index in [1.807, 2.05) is 24.1 Å². The number of carboxylic acid groups (broad SMARTS) is 1. The van der Waals surface area contributed by atoms with Gasteiger partial charge in [-0.1, -0.05) is 13.8 Å². The van der Waals surface area contributed by atoms with Crippen molar-refractivity contribution in [2.24, 2.45) is 5.92 Å². The van der Waals surface area contributed by atoms with Crippen LogP contribution < -0.4 is 10.2 Å². The lowest BCUT2D eigenvalue weighted by Crippen LogP contribution is -2.50. The van der Waals surface area contributed by atoms with Crippen LogP contribution in [0.15, 0.2) is 11.6 Å². The fourth-order valence-electron chi connectivity index (χ4n) is 2.59. The van der Waals surface area contributed by atoms with Crippen molar-refractivity contribution in [3.63, 3.8) is 0 Å². The molecule has 6 nitrogen and oxygen atoms in total. The molecule has 1 saturated heterocycles. The molecule has 1 aromatic heterocycles. The van der Waals surface area contributed by atoms with E-state index in [9.17, 15) is 14.7 Å². The minimum atomic E-state index is -0.976. The number of carbonyl (C=O) groups excluding carboxylic acids is 1. The minimum Gasteiger partial charge on any atom is -0.480 e. The van der Waals surface area contributed by atoms with Gasteiger partial charge in [0.2, 0.25) is 5.91 Å². The number of hydrogen-bond acceptors (Lipinski definition) is 5. The van der Waals surface area contributed by atoms with Gasteiger partial charge in [-0.25, -0.2) is 9.78 Å². The molecule has 21 heavy (non-hydrogen) atoms. The van der Waals surface area contributed by atoms with Crippen LogP contribution in [0, 0.1) is 5.92 Å². The molecule has 0 radical (unpaired) electrons. The van der Waals surface area contributed by atoms with Crippen LogP contribution in [0.2, 0.25) is 0 Å². The lowest BCUT2D eigenvalue weighted by Gasteiger charge is -2.25. The number of hydrogen-bond donors (Lipinski definition) is 2. The molecule has 2 heterocycles. The summed E-state index contributed by atoms with van der Waals surface area (Å²) in [5, 5.41) is 14.6. The molecule has 1 aliphatic rings. The number of aromatic nitrogens is 1. The molecule has 0 spiro atoms. The first kappa shape index (κ1) is 15.8. The standard InChI is InChI=1S/C14H21N3O3S/c1-9(2)8-10(13(19)20)16-12(18)11-4-3-6-17(11)14-15-5-7-21-14/h5,7,9-11H,3-4,6,8H2,1-2H3,(H,16,18)(H,19,20)/t10-,11?/m1/s1. The summed E-state index contributed by atoms with van der Waals surface area (Å²) in [6, 6.07) is -1.14. The lowest BCUT2D eigenvalue weighted by molar-refractivity contribution is -0.142. The molecule has 0 saturated carbocycles. The quantitative estimate of drug-likeness (QED) is 0.836. The van der Waals surface area contributed by atoms with Crippen LogP contribution in [0.25, 0.3) is 0 Å². The first-order valence-electron chi connectivity index (χ1n) is 7.18. The van der Waals surface area contributed by atoms with Crippen molar-refractivity contribution in [2.45, 2.75) is 45.2 Å². The average molecular weight is 311 g/mol. The van der Waals surface area contributed by atoms with Crippen LogP contribution in [-0.2, 0) is 9.59 Å².